The molecular weight excluding hydrogens is 238 g/mol. The summed E-state index contributed by atoms with van der Waals surface area (Å²) in [6, 6.07) is 7.98. The van der Waals surface area contributed by atoms with Crippen molar-refractivity contribution in [3.63, 3.8) is 0 Å². The van der Waals surface area contributed by atoms with Crippen molar-refractivity contribution in [2.45, 2.75) is 19.9 Å². The summed E-state index contributed by atoms with van der Waals surface area (Å²) in [6.07, 6.45) is 0. The number of likely N-dealkylation sites (N-methyl/N-ethyl adjacent to an activating group) is 2. The third-order valence-electron chi connectivity index (χ3n) is 2.83. The van der Waals surface area contributed by atoms with Crippen molar-refractivity contribution < 1.29 is 4.79 Å². The Balaban J connectivity index is 2.80. The molecule has 0 spiro atoms. The summed E-state index contributed by atoms with van der Waals surface area (Å²) in [6.45, 7) is 5.72. The lowest BCUT2D eigenvalue weighted by atomic mass is 10.1. The third kappa shape index (κ3) is 4.91. The topological polar surface area (TPSA) is 35.6 Å². The van der Waals surface area contributed by atoms with Crippen LogP contribution in [0.2, 0.25) is 0 Å². The lowest BCUT2D eigenvalue weighted by molar-refractivity contribution is 0.0787. The first-order valence-corrected chi connectivity index (χ1v) is 6.67. The van der Waals surface area contributed by atoms with Crippen molar-refractivity contribution in [3.8, 4) is 0 Å². The maximum absolute atomic E-state index is 12.4. The molecule has 1 aromatic rings. The Kier molecular flexibility index (Phi) is 5.83. The van der Waals surface area contributed by atoms with E-state index >= 15 is 0 Å². The second-order valence-electron chi connectivity index (χ2n) is 5.37. The van der Waals surface area contributed by atoms with Crippen LogP contribution < -0.4 is 5.32 Å². The van der Waals surface area contributed by atoms with E-state index in [0.29, 0.717) is 6.04 Å². The van der Waals surface area contributed by atoms with E-state index in [1.165, 1.54) is 0 Å². The van der Waals surface area contributed by atoms with E-state index in [0.717, 1.165) is 24.3 Å². The molecular formula is C15H25N3O. The van der Waals surface area contributed by atoms with Crippen LogP contribution in [0.5, 0.6) is 0 Å². The van der Waals surface area contributed by atoms with Crippen molar-refractivity contribution in [2.75, 3.05) is 39.5 Å². The first-order valence-electron chi connectivity index (χ1n) is 6.67. The first kappa shape index (κ1) is 15.5. The molecule has 4 heteroatoms. The van der Waals surface area contributed by atoms with Gasteiger partial charge in [0.25, 0.3) is 5.91 Å². The van der Waals surface area contributed by atoms with Gasteiger partial charge >= 0.3 is 0 Å². The van der Waals surface area contributed by atoms with E-state index in [-0.39, 0.29) is 5.91 Å². The molecule has 1 aromatic carbocycles. The SMILES string of the molecule is CC(C)Nc1ccccc1C(=O)N(C)CCN(C)C. The van der Waals surface area contributed by atoms with Crippen molar-refractivity contribution >= 4 is 11.6 Å². The van der Waals surface area contributed by atoms with Crippen molar-refractivity contribution in [2.24, 2.45) is 0 Å². The molecule has 0 aliphatic rings. The van der Waals surface area contributed by atoms with Gasteiger partial charge in [0.1, 0.15) is 0 Å². The molecule has 1 amide bonds. The number of nitrogens with zero attached hydrogens (tertiary/aromatic N) is 2. The molecule has 0 aromatic heterocycles. The van der Waals surface area contributed by atoms with Gasteiger partial charge in [0.15, 0.2) is 0 Å². The van der Waals surface area contributed by atoms with Crippen LogP contribution >= 0.6 is 0 Å². The van der Waals surface area contributed by atoms with Gasteiger partial charge < -0.3 is 15.1 Å². The van der Waals surface area contributed by atoms with Crippen LogP contribution in [0.3, 0.4) is 0 Å². The van der Waals surface area contributed by atoms with Crippen LogP contribution in [-0.2, 0) is 0 Å². The number of hydrogen-bond acceptors (Lipinski definition) is 3. The molecule has 0 saturated heterocycles. The highest BCUT2D eigenvalue weighted by molar-refractivity contribution is 5.99. The van der Waals surface area contributed by atoms with E-state index in [2.05, 4.69) is 24.1 Å². The summed E-state index contributed by atoms with van der Waals surface area (Å²) >= 11 is 0. The Morgan fingerprint density at radius 3 is 2.37 bits per heavy atom. The second-order valence-corrected chi connectivity index (χ2v) is 5.37. The molecule has 0 fully saturated rings. The fourth-order valence-corrected chi connectivity index (χ4v) is 1.76. The van der Waals surface area contributed by atoms with Crippen molar-refractivity contribution in [1.82, 2.24) is 9.80 Å². The Labute approximate surface area is 116 Å². The summed E-state index contributed by atoms with van der Waals surface area (Å²) in [5.74, 6) is 0.0607. The smallest absolute Gasteiger partial charge is 0.255 e. The zero-order valence-corrected chi connectivity index (χ0v) is 12.6. The zero-order chi connectivity index (χ0) is 14.4. The molecule has 1 N–H and O–H groups in total. The Morgan fingerprint density at radius 1 is 1.16 bits per heavy atom. The number of carbonyl (C=O) groups is 1. The largest absolute Gasteiger partial charge is 0.382 e. The number of nitrogens with one attached hydrogen (secondary N) is 1. The molecule has 19 heavy (non-hydrogen) atoms. The van der Waals surface area contributed by atoms with Crippen LogP contribution in [0.15, 0.2) is 24.3 Å². The predicted molar refractivity (Wildman–Crippen MR) is 80.7 cm³/mol. The predicted octanol–water partition coefficient (Wildman–Crippen LogP) is 2.14. The van der Waals surface area contributed by atoms with Gasteiger partial charge in [-0.05, 0) is 40.1 Å². The van der Waals surface area contributed by atoms with Crippen LogP contribution in [0.1, 0.15) is 24.2 Å². The zero-order valence-electron chi connectivity index (χ0n) is 12.6. The van der Waals surface area contributed by atoms with Gasteiger partial charge in [-0.2, -0.15) is 0 Å². The van der Waals surface area contributed by atoms with Gasteiger partial charge in [-0.3, -0.25) is 4.79 Å². The highest BCUT2D eigenvalue weighted by atomic mass is 16.2. The second kappa shape index (κ2) is 7.14. The average Bonchev–Trinajstić information content (AvgIpc) is 2.35. The Morgan fingerprint density at radius 2 is 1.79 bits per heavy atom. The molecule has 0 radical (unpaired) electrons. The maximum atomic E-state index is 12.4. The van der Waals surface area contributed by atoms with Gasteiger partial charge in [-0.15, -0.1) is 0 Å². The van der Waals surface area contributed by atoms with E-state index in [9.17, 15) is 4.79 Å². The molecule has 0 unspecified atom stereocenters. The summed E-state index contributed by atoms with van der Waals surface area (Å²) < 4.78 is 0. The summed E-state index contributed by atoms with van der Waals surface area (Å²) in [5.41, 5.74) is 1.64. The summed E-state index contributed by atoms with van der Waals surface area (Å²) in [4.78, 5) is 16.3. The van der Waals surface area contributed by atoms with Crippen LogP contribution in [0, 0.1) is 0 Å². The molecule has 4 nitrogen and oxygen atoms in total. The molecule has 1 rings (SSSR count). The number of amides is 1. The van der Waals surface area contributed by atoms with Gasteiger partial charge in [-0.25, -0.2) is 0 Å². The molecule has 0 atom stereocenters. The van der Waals surface area contributed by atoms with Crippen LogP contribution in [0.25, 0.3) is 0 Å². The molecule has 0 heterocycles. The third-order valence-corrected chi connectivity index (χ3v) is 2.83. The number of anilines is 1. The molecule has 0 aliphatic carbocycles. The van der Waals surface area contributed by atoms with E-state index in [1.54, 1.807) is 4.90 Å². The van der Waals surface area contributed by atoms with E-state index in [4.69, 9.17) is 0 Å². The van der Waals surface area contributed by atoms with Crippen molar-refractivity contribution in [1.29, 1.82) is 0 Å². The summed E-state index contributed by atoms with van der Waals surface area (Å²) in [7, 11) is 5.86. The Hall–Kier alpha value is -1.55. The van der Waals surface area contributed by atoms with Gasteiger partial charge in [0.2, 0.25) is 0 Å². The highest BCUT2D eigenvalue weighted by Gasteiger charge is 2.15. The quantitative estimate of drug-likeness (QED) is 0.854. The number of benzene rings is 1. The fraction of sp³-hybridized carbons (Fsp3) is 0.533. The minimum atomic E-state index is 0.0607. The average molecular weight is 263 g/mol. The van der Waals surface area contributed by atoms with Gasteiger partial charge in [0, 0.05) is 31.9 Å². The van der Waals surface area contributed by atoms with Gasteiger partial charge in [-0.1, -0.05) is 12.1 Å². The standard InChI is InChI=1S/C15H25N3O/c1-12(2)16-14-9-7-6-8-13(14)15(19)18(5)11-10-17(3)4/h6-9,12,16H,10-11H2,1-5H3. The van der Waals surface area contributed by atoms with Crippen LogP contribution in [0.4, 0.5) is 5.69 Å². The minimum Gasteiger partial charge on any atom is -0.382 e. The Bertz CT molecular complexity index is 416. The normalized spacial score (nSPS) is 10.9. The summed E-state index contributed by atoms with van der Waals surface area (Å²) in [5, 5.41) is 3.32. The number of para-hydroxylation sites is 1. The molecule has 0 aliphatic heterocycles. The number of carbonyl (C=O) groups excluding carboxylic acids is 1. The van der Waals surface area contributed by atoms with Crippen LogP contribution in [-0.4, -0.2) is 56.0 Å². The number of rotatable bonds is 6. The lowest BCUT2D eigenvalue weighted by Crippen LogP contribution is -2.34. The minimum absolute atomic E-state index is 0.0607. The first-order chi connectivity index (χ1) is 8.91. The molecule has 0 bridgehead atoms. The van der Waals surface area contributed by atoms with E-state index in [1.807, 2.05) is 45.4 Å². The van der Waals surface area contributed by atoms with E-state index < -0.39 is 0 Å². The number of hydrogen-bond donors (Lipinski definition) is 1. The lowest BCUT2D eigenvalue weighted by Gasteiger charge is -2.22. The van der Waals surface area contributed by atoms with Crippen molar-refractivity contribution in [3.05, 3.63) is 29.8 Å². The highest BCUT2D eigenvalue weighted by Crippen LogP contribution is 2.17. The molecule has 106 valence electrons. The maximum Gasteiger partial charge on any atom is 0.255 e. The molecule has 0 saturated carbocycles. The van der Waals surface area contributed by atoms with Gasteiger partial charge in [0.05, 0.1) is 5.56 Å². The fourth-order valence-electron chi connectivity index (χ4n) is 1.76. The monoisotopic (exact) mass is 263 g/mol.